The molecule has 0 atom stereocenters. The van der Waals surface area contributed by atoms with Gasteiger partial charge < -0.3 is 10.8 Å². The standard InChI is InChI=1S/C8H16O3S.C2H7NO/c1-3-5-6-8-12(9,10)11-7-4-2;3-1-2-4/h4H,2-3,5-8H2,1H3;4H,1-3H2. The minimum atomic E-state index is -3.29. The van der Waals surface area contributed by atoms with E-state index < -0.39 is 10.1 Å². The molecule has 0 aliphatic carbocycles. The van der Waals surface area contributed by atoms with Crippen molar-refractivity contribution in [1.29, 1.82) is 0 Å². The van der Waals surface area contributed by atoms with Crippen LogP contribution < -0.4 is 5.73 Å². The Hall–Kier alpha value is -0.430. The maximum absolute atomic E-state index is 11.0. The smallest absolute Gasteiger partial charge is 0.267 e. The van der Waals surface area contributed by atoms with Crippen molar-refractivity contribution in [2.45, 2.75) is 26.2 Å². The molecule has 0 radical (unpaired) electrons. The lowest BCUT2D eigenvalue weighted by Crippen LogP contribution is -2.10. The Morgan fingerprint density at radius 2 is 2.00 bits per heavy atom. The highest BCUT2D eigenvalue weighted by Crippen LogP contribution is 2.01. The fourth-order valence-electron chi connectivity index (χ4n) is 0.740. The zero-order chi connectivity index (χ0) is 12.9. The van der Waals surface area contributed by atoms with Crippen LogP contribution in [0, 0.1) is 0 Å². The van der Waals surface area contributed by atoms with Crippen LogP contribution in [-0.4, -0.2) is 39.0 Å². The highest BCUT2D eigenvalue weighted by atomic mass is 32.2. The van der Waals surface area contributed by atoms with Gasteiger partial charge in [0.15, 0.2) is 0 Å². The van der Waals surface area contributed by atoms with E-state index in [0.717, 1.165) is 12.8 Å². The van der Waals surface area contributed by atoms with E-state index in [0.29, 0.717) is 13.0 Å². The molecule has 0 unspecified atom stereocenters. The highest BCUT2D eigenvalue weighted by Gasteiger charge is 2.08. The summed E-state index contributed by atoms with van der Waals surface area (Å²) in [5.41, 5.74) is 4.78. The molecule has 0 rings (SSSR count). The molecule has 0 aromatic rings. The summed E-state index contributed by atoms with van der Waals surface area (Å²) in [6, 6.07) is 0. The van der Waals surface area contributed by atoms with Crippen molar-refractivity contribution in [2.75, 3.05) is 25.5 Å². The zero-order valence-electron chi connectivity index (χ0n) is 9.89. The third-order valence-electron chi connectivity index (χ3n) is 1.49. The molecule has 0 spiro atoms. The Labute approximate surface area is 98.4 Å². The molecule has 0 heterocycles. The van der Waals surface area contributed by atoms with Crippen molar-refractivity contribution in [3.8, 4) is 0 Å². The summed E-state index contributed by atoms with van der Waals surface area (Å²) in [7, 11) is -3.29. The van der Waals surface area contributed by atoms with Gasteiger partial charge in [-0.15, -0.1) is 6.58 Å². The summed E-state index contributed by atoms with van der Waals surface area (Å²) in [4.78, 5) is 0. The van der Waals surface area contributed by atoms with Gasteiger partial charge in [0.2, 0.25) is 0 Å². The highest BCUT2D eigenvalue weighted by molar-refractivity contribution is 7.86. The lowest BCUT2D eigenvalue weighted by Gasteiger charge is -2.01. The van der Waals surface area contributed by atoms with Crippen LogP contribution in [-0.2, 0) is 14.3 Å². The molecule has 0 aromatic carbocycles. The van der Waals surface area contributed by atoms with Gasteiger partial charge in [0, 0.05) is 6.54 Å². The lowest BCUT2D eigenvalue weighted by atomic mass is 10.3. The topological polar surface area (TPSA) is 89.6 Å². The average Bonchev–Trinajstić information content (AvgIpc) is 2.27. The Morgan fingerprint density at radius 1 is 1.44 bits per heavy atom. The molecule has 16 heavy (non-hydrogen) atoms. The SMILES string of the molecule is C=CCOS(=O)(=O)CCCCC.NCCO. The normalized spacial score (nSPS) is 10.4. The number of rotatable bonds is 8. The van der Waals surface area contributed by atoms with E-state index >= 15 is 0 Å². The van der Waals surface area contributed by atoms with Crippen LogP contribution in [0.4, 0.5) is 0 Å². The van der Waals surface area contributed by atoms with Crippen LogP contribution in [0.2, 0.25) is 0 Å². The molecule has 0 fully saturated rings. The van der Waals surface area contributed by atoms with Crippen molar-refractivity contribution >= 4 is 10.1 Å². The molecule has 0 aliphatic heterocycles. The van der Waals surface area contributed by atoms with Crippen LogP contribution in [0.5, 0.6) is 0 Å². The number of hydrogen-bond acceptors (Lipinski definition) is 5. The number of hydrogen-bond donors (Lipinski definition) is 2. The molecule has 3 N–H and O–H groups in total. The Bertz CT molecular complexity index is 237. The molecule has 5 nitrogen and oxygen atoms in total. The number of aliphatic hydroxyl groups excluding tert-OH is 1. The predicted molar refractivity (Wildman–Crippen MR) is 65.6 cm³/mol. The molecular formula is C10H23NO4S. The monoisotopic (exact) mass is 253 g/mol. The largest absolute Gasteiger partial charge is 0.395 e. The summed E-state index contributed by atoms with van der Waals surface area (Å²) in [6.07, 6.45) is 4.04. The Kier molecular flexibility index (Phi) is 14.2. The van der Waals surface area contributed by atoms with Gasteiger partial charge in [-0.2, -0.15) is 8.42 Å². The third-order valence-corrected chi connectivity index (χ3v) is 2.78. The van der Waals surface area contributed by atoms with Crippen molar-refractivity contribution in [2.24, 2.45) is 5.73 Å². The predicted octanol–water partition coefficient (Wildman–Crippen LogP) is 0.646. The summed E-state index contributed by atoms with van der Waals surface area (Å²) in [6.45, 7) is 5.95. The minimum Gasteiger partial charge on any atom is -0.395 e. The van der Waals surface area contributed by atoms with E-state index in [-0.39, 0.29) is 19.0 Å². The first-order chi connectivity index (χ1) is 7.54. The molecular weight excluding hydrogens is 230 g/mol. The zero-order valence-corrected chi connectivity index (χ0v) is 10.7. The third kappa shape index (κ3) is 16.0. The van der Waals surface area contributed by atoms with Gasteiger partial charge in [-0.1, -0.05) is 25.8 Å². The van der Waals surface area contributed by atoms with Gasteiger partial charge in [0.05, 0.1) is 19.0 Å². The molecule has 0 bridgehead atoms. The van der Waals surface area contributed by atoms with Gasteiger partial charge in [-0.3, -0.25) is 4.18 Å². The van der Waals surface area contributed by atoms with E-state index in [2.05, 4.69) is 10.8 Å². The van der Waals surface area contributed by atoms with E-state index in [4.69, 9.17) is 10.8 Å². The Balaban J connectivity index is 0. The maximum Gasteiger partial charge on any atom is 0.267 e. The van der Waals surface area contributed by atoms with Crippen molar-refractivity contribution < 1.29 is 17.7 Å². The van der Waals surface area contributed by atoms with E-state index in [9.17, 15) is 8.42 Å². The maximum atomic E-state index is 11.0. The van der Waals surface area contributed by atoms with Gasteiger partial charge in [-0.25, -0.2) is 0 Å². The van der Waals surface area contributed by atoms with E-state index in [1.54, 1.807) is 0 Å². The summed E-state index contributed by atoms with van der Waals surface area (Å²) in [5, 5.41) is 7.75. The average molecular weight is 253 g/mol. The molecule has 0 saturated heterocycles. The molecule has 0 saturated carbocycles. The number of nitrogens with two attached hydrogens (primary N) is 1. The minimum absolute atomic E-state index is 0.0778. The Morgan fingerprint density at radius 3 is 2.38 bits per heavy atom. The molecule has 6 heteroatoms. The van der Waals surface area contributed by atoms with E-state index in [1.165, 1.54) is 6.08 Å². The number of aliphatic hydroxyl groups is 1. The van der Waals surface area contributed by atoms with Crippen molar-refractivity contribution in [1.82, 2.24) is 0 Å². The van der Waals surface area contributed by atoms with Crippen molar-refractivity contribution in [3.05, 3.63) is 12.7 Å². The van der Waals surface area contributed by atoms with Crippen molar-refractivity contribution in [3.63, 3.8) is 0 Å². The quantitative estimate of drug-likeness (QED) is 0.376. The first-order valence-corrected chi connectivity index (χ1v) is 6.90. The second-order valence-electron chi connectivity index (χ2n) is 3.05. The van der Waals surface area contributed by atoms with E-state index in [1.807, 2.05) is 6.92 Å². The van der Waals surface area contributed by atoms with Gasteiger partial charge in [0.25, 0.3) is 10.1 Å². The molecule has 0 amide bonds. The first kappa shape index (κ1) is 17.9. The van der Waals surface area contributed by atoms with Gasteiger partial charge in [-0.05, 0) is 6.42 Å². The van der Waals surface area contributed by atoms with Crippen LogP contribution >= 0.6 is 0 Å². The lowest BCUT2D eigenvalue weighted by molar-refractivity contribution is 0.306. The van der Waals surface area contributed by atoms with Gasteiger partial charge >= 0.3 is 0 Å². The number of unbranched alkanes of at least 4 members (excludes halogenated alkanes) is 2. The second-order valence-corrected chi connectivity index (χ2v) is 4.81. The summed E-state index contributed by atoms with van der Waals surface area (Å²) in [5.74, 6) is 0.120. The van der Waals surface area contributed by atoms with Gasteiger partial charge in [0.1, 0.15) is 0 Å². The summed E-state index contributed by atoms with van der Waals surface area (Å²) < 4.78 is 26.6. The van der Waals surface area contributed by atoms with Crippen LogP contribution in [0.15, 0.2) is 12.7 Å². The molecule has 0 aromatic heterocycles. The van der Waals surface area contributed by atoms with Crippen LogP contribution in [0.3, 0.4) is 0 Å². The molecule has 0 aliphatic rings. The fourth-order valence-corrected chi connectivity index (χ4v) is 1.72. The first-order valence-electron chi connectivity index (χ1n) is 5.33. The fraction of sp³-hybridized carbons (Fsp3) is 0.800. The van der Waals surface area contributed by atoms with Crippen LogP contribution in [0.1, 0.15) is 26.2 Å². The summed E-state index contributed by atoms with van der Waals surface area (Å²) >= 11 is 0. The van der Waals surface area contributed by atoms with Crippen LogP contribution in [0.25, 0.3) is 0 Å². The second kappa shape index (κ2) is 12.6. The molecule has 98 valence electrons.